The number of nitrogens with zero attached hydrogens (tertiary/aromatic N) is 1. The van der Waals surface area contributed by atoms with Crippen LogP contribution in [0.3, 0.4) is 0 Å². The van der Waals surface area contributed by atoms with Crippen LogP contribution in [0.4, 0.5) is 11.4 Å². The zero-order valence-electron chi connectivity index (χ0n) is 11.2. The monoisotopic (exact) mass is 263 g/mol. The highest BCUT2D eigenvalue weighted by atomic mass is 16.3. The summed E-state index contributed by atoms with van der Waals surface area (Å²) >= 11 is 0. The van der Waals surface area contributed by atoms with Crippen molar-refractivity contribution >= 4 is 17.3 Å². The van der Waals surface area contributed by atoms with Crippen molar-refractivity contribution in [3.8, 4) is 0 Å². The van der Waals surface area contributed by atoms with Gasteiger partial charge in [-0.1, -0.05) is 0 Å². The second-order valence-electron chi connectivity index (χ2n) is 5.36. The van der Waals surface area contributed by atoms with Crippen molar-refractivity contribution in [3.05, 3.63) is 24.3 Å². The summed E-state index contributed by atoms with van der Waals surface area (Å²) in [5.74, 6) is 0.483. The Morgan fingerprint density at radius 2 is 2.05 bits per heavy atom. The van der Waals surface area contributed by atoms with Crippen molar-refractivity contribution in [3.63, 3.8) is 0 Å². The molecule has 0 bridgehead atoms. The van der Waals surface area contributed by atoms with Crippen LogP contribution in [0.5, 0.6) is 0 Å². The summed E-state index contributed by atoms with van der Waals surface area (Å²) in [5.41, 5.74) is 7.02. The lowest BCUT2D eigenvalue weighted by molar-refractivity contribution is -0.117. The number of aliphatic hydroxyl groups is 1. The van der Waals surface area contributed by atoms with Crippen LogP contribution in [-0.2, 0) is 4.79 Å². The molecule has 1 fully saturated rings. The average molecular weight is 263 g/mol. The van der Waals surface area contributed by atoms with Crippen molar-refractivity contribution in [2.24, 2.45) is 5.92 Å². The molecule has 2 rings (SSSR count). The zero-order valence-corrected chi connectivity index (χ0v) is 11.2. The lowest BCUT2D eigenvalue weighted by atomic mass is 9.82. The van der Waals surface area contributed by atoms with Crippen LogP contribution in [0.1, 0.15) is 12.8 Å². The van der Waals surface area contributed by atoms with Gasteiger partial charge >= 0.3 is 0 Å². The molecule has 5 nitrogen and oxygen atoms in total. The fourth-order valence-electron chi connectivity index (χ4n) is 2.37. The number of likely N-dealkylation sites (N-methyl/N-ethyl adjacent to an activating group) is 1. The van der Waals surface area contributed by atoms with E-state index in [2.05, 4.69) is 5.32 Å². The Labute approximate surface area is 113 Å². The fourth-order valence-corrected chi connectivity index (χ4v) is 2.37. The number of amides is 1. The molecule has 0 atom stereocenters. The molecule has 1 saturated carbocycles. The van der Waals surface area contributed by atoms with Crippen LogP contribution in [0.25, 0.3) is 0 Å². The lowest BCUT2D eigenvalue weighted by Crippen LogP contribution is -2.39. The van der Waals surface area contributed by atoms with Gasteiger partial charge in [-0.3, -0.25) is 9.69 Å². The number of hydrogen-bond donors (Lipinski definition) is 3. The number of carbonyl (C=O) groups is 1. The number of nitrogens with one attached hydrogen (secondary N) is 1. The SMILES string of the molecule is CN(CC(=O)Nc1ccc(N)cc1)CC1CC(O)C1. The minimum absolute atomic E-state index is 0.0351. The highest BCUT2D eigenvalue weighted by molar-refractivity contribution is 5.92. The number of benzene rings is 1. The summed E-state index contributed by atoms with van der Waals surface area (Å²) in [6.45, 7) is 1.21. The van der Waals surface area contributed by atoms with Gasteiger partial charge in [0.25, 0.3) is 0 Å². The maximum Gasteiger partial charge on any atom is 0.238 e. The van der Waals surface area contributed by atoms with E-state index in [1.54, 1.807) is 24.3 Å². The van der Waals surface area contributed by atoms with Crippen molar-refractivity contribution < 1.29 is 9.90 Å². The van der Waals surface area contributed by atoms with Crippen molar-refractivity contribution in [1.82, 2.24) is 4.90 Å². The number of nitrogen functional groups attached to an aromatic ring is 1. The first-order valence-electron chi connectivity index (χ1n) is 6.55. The Balaban J connectivity index is 1.72. The highest BCUT2D eigenvalue weighted by Crippen LogP contribution is 2.27. The van der Waals surface area contributed by atoms with Gasteiger partial charge in [-0.15, -0.1) is 0 Å². The van der Waals surface area contributed by atoms with Gasteiger partial charge in [-0.25, -0.2) is 0 Å². The number of rotatable bonds is 5. The Morgan fingerprint density at radius 3 is 2.63 bits per heavy atom. The number of nitrogens with two attached hydrogens (primary N) is 1. The van der Waals surface area contributed by atoms with Gasteiger partial charge in [-0.2, -0.15) is 0 Å². The Morgan fingerprint density at radius 1 is 1.42 bits per heavy atom. The van der Waals surface area contributed by atoms with E-state index in [0.29, 0.717) is 18.2 Å². The number of aliphatic hydroxyl groups excluding tert-OH is 1. The molecule has 5 heteroatoms. The predicted octanol–water partition coefficient (Wildman–Crippen LogP) is 0.910. The van der Waals surface area contributed by atoms with Crippen LogP contribution in [0, 0.1) is 5.92 Å². The molecule has 1 aliphatic carbocycles. The van der Waals surface area contributed by atoms with E-state index in [1.807, 2.05) is 11.9 Å². The fraction of sp³-hybridized carbons (Fsp3) is 0.500. The van der Waals surface area contributed by atoms with Gasteiger partial charge in [0.05, 0.1) is 12.6 Å². The Hall–Kier alpha value is -1.59. The summed E-state index contributed by atoms with van der Waals surface area (Å²) in [4.78, 5) is 13.8. The third-order valence-electron chi connectivity index (χ3n) is 3.39. The Kier molecular flexibility index (Phi) is 4.39. The molecule has 0 aliphatic heterocycles. The quantitative estimate of drug-likeness (QED) is 0.690. The largest absolute Gasteiger partial charge is 0.399 e. The summed E-state index contributed by atoms with van der Waals surface area (Å²) in [7, 11) is 1.92. The molecule has 19 heavy (non-hydrogen) atoms. The summed E-state index contributed by atoms with van der Waals surface area (Å²) in [5, 5.41) is 12.1. The minimum atomic E-state index is -0.137. The smallest absolute Gasteiger partial charge is 0.238 e. The second-order valence-corrected chi connectivity index (χ2v) is 5.36. The van der Waals surface area contributed by atoms with E-state index in [1.165, 1.54) is 0 Å². The summed E-state index contributed by atoms with van der Waals surface area (Å²) in [6, 6.07) is 7.09. The maximum atomic E-state index is 11.8. The van der Waals surface area contributed by atoms with E-state index in [-0.39, 0.29) is 12.0 Å². The molecule has 0 radical (unpaired) electrons. The zero-order chi connectivity index (χ0) is 13.8. The maximum absolute atomic E-state index is 11.8. The van der Waals surface area contributed by atoms with E-state index >= 15 is 0 Å². The summed E-state index contributed by atoms with van der Waals surface area (Å²) in [6.07, 6.45) is 1.57. The molecular weight excluding hydrogens is 242 g/mol. The van der Waals surface area contributed by atoms with E-state index < -0.39 is 0 Å². The molecule has 1 aliphatic rings. The van der Waals surface area contributed by atoms with Crippen LogP contribution >= 0.6 is 0 Å². The average Bonchev–Trinajstić information content (AvgIpc) is 2.30. The molecular formula is C14H21N3O2. The van der Waals surface area contributed by atoms with Gasteiger partial charge in [0, 0.05) is 17.9 Å². The van der Waals surface area contributed by atoms with Gasteiger partial charge in [0.15, 0.2) is 0 Å². The molecule has 1 aromatic carbocycles. The molecule has 0 spiro atoms. The predicted molar refractivity (Wildman–Crippen MR) is 75.7 cm³/mol. The van der Waals surface area contributed by atoms with Crippen molar-refractivity contribution in [2.45, 2.75) is 18.9 Å². The number of carbonyl (C=O) groups excluding carboxylic acids is 1. The second kappa shape index (κ2) is 6.04. The van der Waals surface area contributed by atoms with Crippen LogP contribution in [0.2, 0.25) is 0 Å². The highest BCUT2D eigenvalue weighted by Gasteiger charge is 2.28. The first-order valence-corrected chi connectivity index (χ1v) is 6.55. The van der Waals surface area contributed by atoms with Crippen LogP contribution in [0.15, 0.2) is 24.3 Å². The first kappa shape index (κ1) is 13.8. The molecule has 0 unspecified atom stereocenters. The molecule has 0 aromatic heterocycles. The van der Waals surface area contributed by atoms with E-state index in [0.717, 1.165) is 25.1 Å². The molecule has 4 N–H and O–H groups in total. The number of hydrogen-bond acceptors (Lipinski definition) is 4. The van der Waals surface area contributed by atoms with Gasteiger partial charge in [0.1, 0.15) is 0 Å². The molecule has 1 amide bonds. The van der Waals surface area contributed by atoms with E-state index in [4.69, 9.17) is 5.73 Å². The molecule has 0 heterocycles. The molecule has 104 valence electrons. The minimum Gasteiger partial charge on any atom is -0.399 e. The van der Waals surface area contributed by atoms with Gasteiger partial charge < -0.3 is 16.2 Å². The molecule has 1 aromatic rings. The van der Waals surface area contributed by atoms with Crippen LogP contribution in [-0.4, -0.2) is 42.2 Å². The van der Waals surface area contributed by atoms with E-state index in [9.17, 15) is 9.90 Å². The van der Waals surface area contributed by atoms with Crippen molar-refractivity contribution in [1.29, 1.82) is 0 Å². The van der Waals surface area contributed by atoms with Gasteiger partial charge in [-0.05, 0) is 50.1 Å². The standard InChI is InChI=1S/C14H21N3O2/c1-17(8-10-6-13(18)7-10)9-14(19)16-12-4-2-11(15)3-5-12/h2-5,10,13,18H,6-9,15H2,1H3,(H,16,19). The Bertz CT molecular complexity index is 427. The summed E-state index contributed by atoms with van der Waals surface area (Å²) < 4.78 is 0. The normalized spacial score (nSPS) is 22.1. The lowest BCUT2D eigenvalue weighted by Gasteiger charge is -2.34. The first-order chi connectivity index (χ1) is 9.02. The topological polar surface area (TPSA) is 78.6 Å². The third-order valence-corrected chi connectivity index (χ3v) is 3.39. The van der Waals surface area contributed by atoms with Gasteiger partial charge in [0.2, 0.25) is 5.91 Å². The van der Waals surface area contributed by atoms with Crippen molar-refractivity contribution in [2.75, 3.05) is 31.2 Å². The third kappa shape index (κ3) is 4.22. The molecule has 0 saturated heterocycles. The van der Waals surface area contributed by atoms with Crippen LogP contribution < -0.4 is 11.1 Å². The number of anilines is 2.